The van der Waals surface area contributed by atoms with Crippen LogP contribution in [0.1, 0.15) is 38.6 Å². The predicted molar refractivity (Wildman–Crippen MR) is 122 cm³/mol. The maximum atomic E-state index is 12.5. The van der Waals surface area contributed by atoms with Gasteiger partial charge < -0.3 is 10.1 Å². The van der Waals surface area contributed by atoms with Crippen LogP contribution in [0, 0.1) is 5.92 Å². The Kier molecular flexibility index (Phi) is 7.54. The quantitative estimate of drug-likeness (QED) is 0.440. The van der Waals surface area contributed by atoms with Gasteiger partial charge in [0.25, 0.3) is 0 Å². The number of amides is 1. The lowest BCUT2D eigenvalue weighted by Crippen LogP contribution is -2.23. The van der Waals surface area contributed by atoms with Gasteiger partial charge in [0.15, 0.2) is 11.0 Å². The summed E-state index contributed by atoms with van der Waals surface area (Å²) >= 11 is 1.33. The molecule has 33 heavy (non-hydrogen) atoms. The molecule has 4 rings (SSSR count). The molecule has 1 saturated carbocycles. The summed E-state index contributed by atoms with van der Waals surface area (Å²) in [5.41, 5.74) is 1.39. The van der Waals surface area contributed by atoms with Crippen LogP contribution in [0.15, 0.2) is 53.9 Å². The Hall–Kier alpha value is -3.01. The Morgan fingerprint density at radius 2 is 2.00 bits per heavy atom. The molecule has 1 fully saturated rings. The highest BCUT2D eigenvalue weighted by Gasteiger charge is 2.29. The van der Waals surface area contributed by atoms with Gasteiger partial charge >= 0.3 is 6.61 Å². The number of hydrogen-bond acceptors (Lipinski definition) is 6. The summed E-state index contributed by atoms with van der Waals surface area (Å²) in [7, 11) is 0. The number of hydrogen-bond donors (Lipinski definition) is 1. The molecular weight excluding hydrogens is 448 g/mol. The van der Waals surface area contributed by atoms with Gasteiger partial charge in [0.05, 0.1) is 5.75 Å². The summed E-state index contributed by atoms with van der Waals surface area (Å²) in [5, 5.41) is 12.3. The zero-order valence-electron chi connectivity index (χ0n) is 18.2. The minimum atomic E-state index is -2.89. The Labute approximate surface area is 195 Å². The second-order valence-electron chi connectivity index (χ2n) is 7.99. The number of thioether (sulfide) groups is 1. The fourth-order valence-electron chi connectivity index (χ4n) is 4.09. The second-order valence-corrected chi connectivity index (χ2v) is 8.93. The summed E-state index contributed by atoms with van der Waals surface area (Å²) in [6.45, 7) is -0.637. The van der Waals surface area contributed by atoms with E-state index >= 15 is 0 Å². The third kappa shape index (κ3) is 5.87. The number of ether oxygens (including phenoxy) is 1. The van der Waals surface area contributed by atoms with Gasteiger partial charge in [0.1, 0.15) is 5.75 Å². The van der Waals surface area contributed by atoms with Crippen molar-refractivity contribution in [2.75, 3.05) is 11.1 Å². The first-order valence-electron chi connectivity index (χ1n) is 10.8. The largest absolute Gasteiger partial charge is 0.435 e. The molecule has 2 unspecified atom stereocenters. The van der Waals surface area contributed by atoms with Crippen LogP contribution >= 0.6 is 11.8 Å². The molecule has 2 atom stereocenters. The average molecular weight is 474 g/mol. The van der Waals surface area contributed by atoms with E-state index in [0.29, 0.717) is 16.8 Å². The van der Waals surface area contributed by atoms with Gasteiger partial charge in [-0.3, -0.25) is 14.3 Å². The summed E-state index contributed by atoms with van der Waals surface area (Å²) in [5.74, 6) is 1.19. The summed E-state index contributed by atoms with van der Waals surface area (Å²) in [6, 6.07) is 9.91. The van der Waals surface area contributed by atoms with Crippen LogP contribution in [0.2, 0.25) is 0 Å². The molecule has 0 bridgehead atoms. The Morgan fingerprint density at radius 1 is 1.21 bits per heavy atom. The van der Waals surface area contributed by atoms with Crippen LogP contribution in [0.25, 0.3) is 11.4 Å². The predicted octanol–water partition coefficient (Wildman–Crippen LogP) is 5.42. The number of carbonyl (C=O) groups excluding carboxylic acids is 1. The highest BCUT2D eigenvalue weighted by molar-refractivity contribution is 7.99. The standard InChI is InChI=1S/C23H25F2N5O2S/c1-15-5-2-3-7-19(15)30-21(16-6-4-12-26-13-16)28-29-23(30)33-14-20(31)27-17-8-10-18(11-9-17)32-22(24)25/h4,6,8-13,15,19,22H,2-3,5,7,14H2,1H3,(H,27,31). The van der Waals surface area contributed by atoms with Gasteiger partial charge in [0.2, 0.25) is 5.91 Å². The average Bonchev–Trinajstić information content (AvgIpc) is 3.23. The van der Waals surface area contributed by atoms with Gasteiger partial charge in [-0.25, -0.2) is 0 Å². The van der Waals surface area contributed by atoms with Crippen molar-refractivity contribution in [1.29, 1.82) is 0 Å². The number of carbonyl (C=O) groups is 1. The lowest BCUT2D eigenvalue weighted by molar-refractivity contribution is -0.113. The smallest absolute Gasteiger partial charge is 0.387 e. The van der Waals surface area contributed by atoms with E-state index < -0.39 is 6.61 Å². The van der Waals surface area contributed by atoms with Gasteiger partial charge in [0, 0.05) is 29.7 Å². The van der Waals surface area contributed by atoms with Gasteiger partial charge in [-0.05, 0) is 55.2 Å². The van der Waals surface area contributed by atoms with Crippen molar-refractivity contribution in [3.05, 3.63) is 48.8 Å². The van der Waals surface area contributed by atoms with Crippen molar-refractivity contribution in [3.63, 3.8) is 0 Å². The summed E-state index contributed by atoms with van der Waals surface area (Å²) in [6.07, 6.45) is 8.05. The van der Waals surface area contributed by atoms with E-state index in [4.69, 9.17) is 0 Å². The van der Waals surface area contributed by atoms with E-state index in [2.05, 4.69) is 36.7 Å². The second kappa shape index (κ2) is 10.7. The van der Waals surface area contributed by atoms with Crippen LogP contribution in [-0.4, -0.2) is 38.0 Å². The zero-order valence-corrected chi connectivity index (χ0v) is 19.0. The van der Waals surface area contributed by atoms with Crippen LogP contribution in [0.3, 0.4) is 0 Å². The first-order chi connectivity index (χ1) is 16.0. The molecule has 2 aromatic heterocycles. The molecule has 1 aromatic carbocycles. The fourth-order valence-corrected chi connectivity index (χ4v) is 4.89. The van der Waals surface area contributed by atoms with Crippen LogP contribution in [-0.2, 0) is 4.79 Å². The molecule has 0 spiro atoms. The van der Waals surface area contributed by atoms with E-state index in [-0.39, 0.29) is 23.5 Å². The minimum absolute atomic E-state index is 0.0370. The van der Waals surface area contributed by atoms with Crippen molar-refractivity contribution in [2.45, 2.75) is 50.4 Å². The van der Waals surface area contributed by atoms with Crippen molar-refractivity contribution in [1.82, 2.24) is 19.7 Å². The summed E-state index contributed by atoms with van der Waals surface area (Å²) < 4.78 is 31.1. The lowest BCUT2D eigenvalue weighted by atomic mass is 9.85. The van der Waals surface area contributed by atoms with Crippen LogP contribution in [0.4, 0.5) is 14.5 Å². The Bertz CT molecular complexity index is 1060. The molecule has 10 heteroatoms. The third-order valence-corrected chi connectivity index (χ3v) is 6.62. The molecule has 174 valence electrons. The number of aromatic nitrogens is 4. The molecule has 0 saturated heterocycles. The number of nitrogens with zero attached hydrogens (tertiary/aromatic N) is 4. The van der Waals surface area contributed by atoms with Crippen LogP contribution < -0.4 is 10.1 Å². The fraction of sp³-hybridized carbons (Fsp3) is 0.391. The lowest BCUT2D eigenvalue weighted by Gasteiger charge is -2.31. The number of halogens is 2. The number of anilines is 1. The Morgan fingerprint density at radius 3 is 2.70 bits per heavy atom. The molecule has 1 amide bonds. The highest BCUT2D eigenvalue weighted by atomic mass is 32.2. The topological polar surface area (TPSA) is 81.9 Å². The number of nitrogens with one attached hydrogen (secondary N) is 1. The molecular formula is C23H25F2N5O2S. The first-order valence-corrected chi connectivity index (χ1v) is 11.8. The number of pyridine rings is 1. The third-order valence-electron chi connectivity index (χ3n) is 5.68. The molecule has 7 nitrogen and oxygen atoms in total. The molecule has 1 N–H and O–H groups in total. The first kappa shape index (κ1) is 23.2. The zero-order chi connectivity index (χ0) is 23.2. The van der Waals surface area contributed by atoms with E-state index in [1.165, 1.54) is 42.4 Å². The van der Waals surface area contributed by atoms with E-state index in [1.807, 2.05) is 12.1 Å². The Balaban J connectivity index is 1.47. The van der Waals surface area contributed by atoms with Crippen molar-refractivity contribution < 1.29 is 18.3 Å². The molecule has 1 aliphatic carbocycles. The van der Waals surface area contributed by atoms with Crippen LogP contribution in [0.5, 0.6) is 5.75 Å². The number of rotatable bonds is 8. The van der Waals surface area contributed by atoms with Gasteiger partial charge in [-0.15, -0.1) is 10.2 Å². The molecule has 0 radical (unpaired) electrons. The highest BCUT2D eigenvalue weighted by Crippen LogP contribution is 2.38. The van der Waals surface area contributed by atoms with Gasteiger partial charge in [-0.2, -0.15) is 8.78 Å². The molecule has 2 heterocycles. The van der Waals surface area contributed by atoms with Gasteiger partial charge in [-0.1, -0.05) is 31.5 Å². The van der Waals surface area contributed by atoms with E-state index in [9.17, 15) is 13.6 Å². The van der Waals surface area contributed by atoms with E-state index in [1.54, 1.807) is 12.4 Å². The minimum Gasteiger partial charge on any atom is -0.435 e. The summed E-state index contributed by atoms with van der Waals surface area (Å²) in [4.78, 5) is 16.7. The van der Waals surface area contributed by atoms with Crippen molar-refractivity contribution >= 4 is 23.4 Å². The van der Waals surface area contributed by atoms with E-state index in [0.717, 1.165) is 30.7 Å². The molecule has 1 aliphatic rings. The SMILES string of the molecule is CC1CCCCC1n1c(SCC(=O)Nc2ccc(OC(F)F)cc2)nnc1-c1cccnc1. The number of alkyl halides is 2. The number of benzene rings is 1. The molecule has 0 aliphatic heterocycles. The maximum Gasteiger partial charge on any atom is 0.387 e. The van der Waals surface area contributed by atoms with Crippen molar-refractivity contribution in [2.24, 2.45) is 5.92 Å². The maximum absolute atomic E-state index is 12.5. The normalized spacial score (nSPS) is 18.3. The monoisotopic (exact) mass is 473 g/mol. The molecule has 3 aromatic rings. The van der Waals surface area contributed by atoms with Crippen molar-refractivity contribution in [3.8, 4) is 17.1 Å².